The molecule has 1 aromatic rings. The Kier molecular flexibility index (Phi) is 6.79. The Morgan fingerprint density at radius 3 is 2.50 bits per heavy atom. The smallest absolute Gasteiger partial charge is 0.126 e. The SMILES string of the molecule is CCCCC1CCc2cc(C3CCC4CC(CCC)CCC4C3)cc(F)c2C1. The topological polar surface area (TPSA) is 0 Å². The zero-order valence-corrected chi connectivity index (χ0v) is 18.3. The summed E-state index contributed by atoms with van der Waals surface area (Å²) >= 11 is 0. The minimum atomic E-state index is 0.113. The molecular weight excluding hydrogens is 343 g/mol. The van der Waals surface area contributed by atoms with E-state index in [0.717, 1.165) is 36.2 Å². The molecule has 0 saturated heterocycles. The summed E-state index contributed by atoms with van der Waals surface area (Å²) in [4.78, 5) is 0. The van der Waals surface area contributed by atoms with Crippen LogP contribution >= 0.6 is 0 Å². The molecule has 1 heteroatoms. The van der Waals surface area contributed by atoms with Gasteiger partial charge in [-0.2, -0.15) is 0 Å². The summed E-state index contributed by atoms with van der Waals surface area (Å²) in [6.07, 6.45) is 18.3. The molecule has 156 valence electrons. The van der Waals surface area contributed by atoms with E-state index in [9.17, 15) is 0 Å². The van der Waals surface area contributed by atoms with Crippen LogP contribution in [0.15, 0.2) is 12.1 Å². The molecule has 0 radical (unpaired) electrons. The number of aryl methyl sites for hydroxylation is 1. The third-order valence-electron chi connectivity index (χ3n) is 8.48. The lowest BCUT2D eigenvalue weighted by atomic mass is 9.63. The van der Waals surface area contributed by atoms with Gasteiger partial charge in [-0.05, 0) is 104 Å². The average Bonchev–Trinajstić information content (AvgIpc) is 2.72. The van der Waals surface area contributed by atoms with Gasteiger partial charge in [0.2, 0.25) is 0 Å². The summed E-state index contributed by atoms with van der Waals surface area (Å²) in [7, 11) is 0. The van der Waals surface area contributed by atoms with Crippen molar-refractivity contribution in [2.45, 2.75) is 110 Å². The number of rotatable bonds is 6. The molecule has 0 heterocycles. The predicted octanol–water partition coefficient (Wildman–Crippen LogP) is 8.22. The van der Waals surface area contributed by atoms with Crippen LogP contribution in [0, 0.1) is 29.5 Å². The molecule has 3 aliphatic rings. The highest BCUT2D eigenvalue weighted by Crippen LogP contribution is 2.48. The van der Waals surface area contributed by atoms with E-state index in [-0.39, 0.29) is 5.82 Å². The number of benzene rings is 1. The molecule has 0 nitrogen and oxygen atoms in total. The quantitative estimate of drug-likeness (QED) is 0.463. The van der Waals surface area contributed by atoms with Gasteiger partial charge >= 0.3 is 0 Å². The first-order valence-electron chi connectivity index (χ1n) is 12.5. The van der Waals surface area contributed by atoms with E-state index in [4.69, 9.17) is 0 Å². The number of unbranched alkanes of at least 4 members (excludes halogenated alkanes) is 1. The summed E-state index contributed by atoms with van der Waals surface area (Å²) in [5.74, 6) is 4.29. The Hall–Kier alpha value is -0.850. The highest BCUT2D eigenvalue weighted by Gasteiger charge is 2.36. The molecule has 5 atom stereocenters. The first kappa shape index (κ1) is 20.4. The van der Waals surface area contributed by atoms with Gasteiger partial charge in [0.05, 0.1) is 0 Å². The second-order valence-electron chi connectivity index (χ2n) is 10.4. The second kappa shape index (κ2) is 9.31. The maximum absolute atomic E-state index is 15.1. The van der Waals surface area contributed by atoms with Gasteiger partial charge in [0, 0.05) is 0 Å². The molecule has 0 bridgehead atoms. The molecule has 0 amide bonds. The summed E-state index contributed by atoms with van der Waals surface area (Å²) in [5.41, 5.74) is 3.73. The molecule has 4 rings (SSSR count). The van der Waals surface area contributed by atoms with E-state index in [1.807, 2.05) is 6.07 Å². The van der Waals surface area contributed by atoms with Gasteiger partial charge < -0.3 is 0 Å². The average molecular weight is 385 g/mol. The predicted molar refractivity (Wildman–Crippen MR) is 117 cm³/mol. The van der Waals surface area contributed by atoms with E-state index in [1.54, 1.807) is 0 Å². The van der Waals surface area contributed by atoms with Crippen molar-refractivity contribution in [3.8, 4) is 0 Å². The Labute approximate surface area is 172 Å². The van der Waals surface area contributed by atoms with Gasteiger partial charge in [0.25, 0.3) is 0 Å². The molecule has 0 aliphatic heterocycles. The fourth-order valence-corrected chi connectivity index (χ4v) is 6.85. The zero-order chi connectivity index (χ0) is 19.5. The van der Waals surface area contributed by atoms with Gasteiger partial charge in [-0.25, -0.2) is 4.39 Å². The van der Waals surface area contributed by atoms with Gasteiger partial charge in [-0.1, -0.05) is 58.4 Å². The Bertz CT molecular complexity index is 648. The van der Waals surface area contributed by atoms with Gasteiger partial charge in [0.15, 0.2) is 0 Å². The monoisotopic (exact) mass is 384 g/mol. The molecule has 3 aliphatic carbocycles. The number of fused-ring (bicyclic) bond motifs is 2. The molecule has 0 aromatic heterocycles. The fourth-order valence-electron chi connectivity index (χ4n) is 6.85. The zero-order valence-electron chi connectivity index (χ0n) is 18.3. The van der Waals surface area contributed by atoms with E-state index in [0.29, 0.717) is 11.8 Å². The third-order valence-corrected chi connectivity index (χ3v) is 8.48. The minimum absolute atomic E-state index is 0.113. The highest BCUT2D eigenvalue weighted by atomic mass is 19.1. The number of halogens is 1. The Morgan fingerprint density at radius 2 is 1.68 bits per heavy atom. The van der Waals surface area contributed by atoms with Crippen LogP contribution in [0.3, 0.4) is 0 Å². The summed E-state index contributed by atoms with van der Waals surface area (Å²) in [6, 6.07) is 4.36. The van der Waals surface area contributed by atoms with Crippen LogP contribution in [0.25, 0.3) is 0 Å². The standard InChI is InChI=1S/C27H41F/c1-3-5-7-20-9-11-24-17-25(18-27(28)26(24)15-20)23-13-12-21-14-19(6-4-2)8-10-22(21)16-23/h17-23H,3-16H2,1-2H3. The molecule has 2 fully saturated rings. The van der Waals surface area contributed by atoms with E-state index in [2.05, 4.69) is 19.9 Å². The van der Waals surface area contributed by atoms with Crippen molar-refractivity contribution in [1.29, 1.82) is 0 Å². The van der Waals surface area contributed by atoms with E-state index < -0.39 is 0 Å². The molecule has 5 unspecified atom stereocenters. The van der Waals surface area contributed by atoms with Crippen molar-refractivity contribution in [2.75, 3.05) is 0 Å². The third kappa shape index (κ3) is 4.49. The largest absolute Gasteiger partial charge is 0.207 e. The Morgan fingerprint density at radius 1 is 0.857 bits per heavy atom. The van der Waals surface area contributed by atoms with Gasteiger partial charge in [-0.15, -0.1) is 0 Å². The lowest BCUT2D eigenvalue weighted by Crippen LogP contribution is -2.30. The lowest BCUT2D eigenvalue weighted by Gasteiger charge is -2.42. The first-order valence-corrected chi connectivity index (χ1v) is 12.5. The molecular formula is C27H41F. The van der Waals surface area contributed by atoms with Crippen LogP contribution in [0.4, 0.5) is 4.39 Å². The van der Waals surface area contributed by atoms with Crippen molar-refractivity contribution in [3.63, 3.8) is 0 Å². The molecule has 1 aromatic carbocycles. The van der Waals surface area contributed by atoms with E-state index in [1.165, 1.54) is 88.2 Å². The van der Waals surface area contributed by atoms with Crippen LogP contribution in [-0.4, -0.2) is 0 Å². The lowest BCUT2D eigenvalue weighted by molar-refractivity contribution is 0.114. The van der Waals surface area contributed by atoms with E-state index >= 15 is 4.39 Å². The van der Waals surface area contributed by atoms with Gasteiger partial charge in [-0.3, -0.25) is 0 Å². The van der Waals surface area contributed by atoms with Crippen molar-refractivity contribution in [2.24, 2.45) is 23.7 Å². The van der Waals surface area contributed by atoms with Crippen molar-refractivity contribution in [1.82, 2.24) is 0 Å². The molecule has 28 heavy (non-hydrogen) atoms. The highest BCUT2D eigenvalue weighted by molar-refractivity contribution is 5.37. The van der Waals surface area contributed by atoms with Crippen LogP contribution in [-0.2, 0) is 12.8 Å². The number of hydrogen-bond donors (Lipinski definition) is 0. The van der Waals surface area contributed by atoms with Crippen molar-refractivity contribution in [3.05, 3.63) is 34.6 Å². The normalized spacial score (nSPS) is 32.6. The molecule has 0 N–H and O–H groups in total. The summed E-state index contributed by atoms with van der Waals surface area (Å²) in [5, 5.41) is 0. The molecule has 0 spiro atoms. The summed E-state index contributed by atoms with van der Waals surface area (Å²) in [6.45, 7) is 4.59. The second-order valence-corrected chi connectivity index (χ2v) is 10.4. The maximum Gasteiger partial charge on any atom is 0.126 e. The first-order chi connectivity index (χ1) is 13.7. The van der Waals surface area contributed by atoms with Crippen LogP contribution in [0.2, 0.25) is 0 Å². The summed E-state index contributed by atoms with van der Waals surface area (Å²) < 4.78 is 15.1. The number of hydrogen-bond acceptors (Lipinski definition) is 0. The maximum atomic E-state index is 15.1. The van der Waals surface area contributed by atoms with Crippen LogP contribution < -0.4 is 0 Å². The minimum Gasteiger partial charge on any atom is -0.207 e. The van der Waals surface area contributed by atoms with Crippen LogP contribution in [0.1, 0.15) is 114 Å². The Balaban J connectivity index is 1.42. The van der Waals surface area contributed by atoms with Gasteiger partial charge in [0.1, 0.15) is 5.82 Å². The molecule has 2 saturated carbocycles. The van der Waals surface area contributed by atoms with Crippen molar-refractivity contribution >= 4 is 0 Å². The fraction of sp³-hybridized carbons (Fsp3) is 0.778. The van der Waals surface area contributed by atoms with Crippen molar-refractivity contribution < 1.29 is 4.39 Å². The van der Waals surface area contributed by atoms with Crippen LogP contribution in [0.5, 0.6) is 0 Å².